The lowest BCUT2D eigenvalue weighted by molar-refractivity contribution is 0.669. The van der Waals surface area contributed by atoms with Gasteiger partial charge in [-0.15, -0.1) is 0 Å². The smallest absolute Gasteiger partial charge is 0.160 e. The predicted octanol–water partition coefficient (Wildman–Crippen LogP) is 11.5. The molecule has 0 aliphatic carbocycles. The van der Waals surface area contributed by atoms with E-state index < -0.39 is 0 Å². The summed E-state index contributed by atoms with van der Waals surface area (Å²) in [5.74, 6) is 0. The van der Waals surface area contributed by atoms with E-state index in [1.807, 2.05) is 0 Å². The van der Waals surface area contributed by atoms with E-state index in [1.165, 1.54) is 21.9 Å². The lowest BCUT2D eigenvalue weighted by atomic mass is 9.94. The zero-order chi connectivity index (χ0) is 27.9. The molecule has 198 valence electrons. The van der Waals surface area contributed by atoms with Gasteiger partial charge in [-0.2, -0.15) is 0 Å². The molecule has 2 heteroatoms. The third kappa shape index (κ3) is 4.05. The number of rotatable bonds is 5. The van der Waals surface area contributed by atoms with Gasteiger partial charge >= 0.3 is 0 Å². The average Bonchev–Trinajstić information content (AvgIpc) is 3.47. The Morgan fingerprint density at radius 2 is 0.976 bits per heavy atom. The molecule has 0 fully saturated rings. The Hall–Kier alpha value is -5.60. The number of furan rings is 1. The van der Waals surface area contributed by atoms with Gasteiger partial charge in [-0.1, -0.05) is 127 Å². The first-order valence-corrected chi connectivity index (χ1v) is 14.3. The zero-order valence-electron chi connectivity index (χ0n) is 22.9. The Labute approximate surface area is 244 Å². The molecule has 0 bridgehead atoms. The van der Waals surface area contributed by atoms with Crippen LogP contribution >= 0.6 is 0 Å². The lowest BCUT2D eigenvalue weighted by Crippen LogP contribution is -2.10. The molecule has 0 spiro atoms. The van der Waals surface area contributed by atoms with E-state index in [9.17, 15) is 0 Å². The van der Waals surface area contributed by atoms with Gasteiger partial charge in [0.1, 0.15) is 5.58 Å². The van der Waals surface area contributed by atoms with E-state index >= 15 is 0 Å². The minimum Gasteiger partial charge on any atom is -0.454 e. The number of para-hydroxylation sites is 2. The summed E-state index contributed by atoms with van der Waals surface area (Å²) >= 11 is 0. The van der Waals surface area contributed by atoms with Crippen molar-refractivity contribution in [1.29, 1.82) is 0 Å². The van der Waals surface area contributed by atoms with Crippen molar-refractivity contribution in [1.82, 2.24) is 0 Å². The number of benzene rings is 7. The molecule has 1 heterocycles. The van der Waals surface area contributed by atoms with Crippen LogP contribution in [0.15, 0.2) is 168 Å². The fourth-order valence-corrected chi connectivity index (χ4v) is 6.10. The zero-order valence-corrected chi connectivity index (χ0v) is 22.9. The summed E-state index contributed by atoms with van der Waals surface area (Å²) in [4.78, 5) is 2.29. The first-order chi connectivity index (χ1) is 20.8. The van der Waals surface area contributed by atoms with Crippen LogP contribution in [0.25, 0.3) is 55.0 Å². The Morgan fingerprint density at radius 1 is 0.405 bits per heavy atom. The van der Waals surface area contributed by atoms with Crippen molar-refractivity contribution >= 4 is 49.8 Å². The number of hydrogen-bond acceptors (Lipinski definition) is 2. The van der Waals surface area contributed by atoms with E-state index in [0.29, 0.717) is 0 Å². The number of fused-ring (bicyclic) bond motifs is 5. The molecule has 0 aliphatic rings. The second kappa shape index (κ2) is 10.1. The second-order valence-corrected chi connectivity index (χ2v) is 10.5. The average molecular weight is 538 g/mol. The third-order valence-electron chi connectivity index (χ3n) is 8.06. The van der Waals surface area contributed by atoms with E-state index in [1.54, 1.807) is 0 Å². The van der Waals surface area contributed by atoms with Gasteiger partial charge in [-0.05, 0) is 69.4 Å². The van der Waals surface area contributed by atoms with Crippen molar-refractivity contribution < 1.29 is 4.42 Å². The summed E-state index contributed by atoms with van der Waals surface area (Å²) in [6.45, 7) is 0. The lowest BCUT2D eigenvalue weighted by Gasteiger charge is -2.26. The molecule has 0 radical (unpaired) electrons. The highest BCUT2D eigenvalue weighted by atomic mass is 16.3. The number of hydrogen-bond donors (Lipinski definition) is 0. The van der Waals surface area contributed by atoms with Gasteiger partial charge in [0.2, 0.25) is 0 Å². The minimum atomic E-state index is 0.874. The quantitative estimate of drug-likeness (QED) is 0.217. The van der Waals surface area contributed by atoms with Gasteiger partial charge < -0.3 is 9.32 Å². The first kappa shape index (κ1) is 24.2. The normalized spacial score (nSPS) is 11.3. The molecule has 0 amide bonds. The second-order valence-electron chi connectivity index (χ2n) is 10.5. The predicted molar refractivity (Wildman–Crippen MR) is 177 cm³/mol. The van der Waals surface area contributed by atoms with Crippen molar-refractivity contribution in [2.24, 2.45) is 0 Å². The molecule has 0 unspecified atom stereocenters. The molecule has 0 aliphatic heterocycles. The van der Waals surface area contributed by atoms with Gasteiger partial charge in [0.25, 0.3) is 0 Å². The molecule has 7 aromatic carbocycles. The van der Waals surface area contributed by atoms with Crippen LogP contribution in [-0.2, 0) is 0 Å². The van der Waals surface area contributed by atoms with Crippen LogP contribution < -0.4 is 4.90 Å². The number of nitrogens with zero attached hydrogens (tertiary/aromatic N) is 1. The van der Waals surface area contributed by atoms with Gasteiger partial charge in [-0.3, -0.25) is 0 Å². The Balaban J connectivity index is 1.42. The fraction of sp³-hybridized carbons (Fsp3) is 0. The molecule has 8 aromatic rings. The standard InChI is InChI=1S/C40H27NO/c1-4-12-28(13-5-1)29-20-22-31(23-21-29)35-25-26-36(41(32-15-6-2-7-16-32)33-17-8-3-9-18-33)40-39(35)38-34-19-11-10-14-30(34)24-27-37(38)42-40/h1-27H. The molecular formula is C40H27NO. The van der Waals surface area contributed by atoms with Crippen LogP contribution in [0.3, 0.4) is 0 Å². The minimum absolute atomic E-state index is 0.874. The van der Waals surface area contributed by atoms with Gasteiger partial charge in [0.15, 0.2) is 5.58 Å². The topological polar surface area (TPSA) is 16.4 Å². The highest BCUT2D eigenvalue weighted by molar-refractivity contribution is 6.25. The van der Waals surface area contributed by atoms with Crippen molar-refractivity contribution in [3.05, 3.63) is 164 Å². The summed E-state index contributed by atoms with van der Waals surface area (Å²) in [5.41, 5.74) is 9.66. The van der Waals surface area contributed by atoms with E-state index in [0.717, 1.165) is 50.1 Å². The maximum absolute atomic E-state index is 6.83. The van der Waals surface area contributed by atoms with Crippen LogP contribution in [0, 0.1) is 0 Å². The molecule has 8 rings (SSSR count). The molecule has 0 N–H and O–H groups in total. The maximum Gasteiger partial charge on any atom is 0.160 e. The van der Waals surface area contributed by atoms with Crippen LogP contribution in [0.5, 0.6) is 0 Å². The maximum atomic E-state index is 6.83. The summed E-state index contributed by atoms with van der Waals surface area (Å²) in [5, 5.41) is 4.67. The highest BCUT2D eigenvalue weighted by Crippen LogP contribution is 2.47. The van der Waals surface area contributed by atoms with Crippen LogP contribution in [-0.4, -0.2) is 0 Å². The van der Waals surface area contributed by atoms with E-state index in [4.69, 9.17) is 4.42 Å². The molecule has 42 heavy (non-hydrogen) atoms. The Kier molecular flexibility index (Phi) is 5.82. The van der Waals surface area contributed by atoms with Crippen LogP contribution in [0.2, 0.25) is 0 Å². The largest absolute Gasteiger partial charge is 0.454 e. The van der Waals surface area contributed by atoms with Crippen LogP contribution in [0.4, 0.5) is 17.1 Å². The molecule has 0 atom stereocenters. The molecule has 2 nitrogen and oxygen atoms in total. The number of anilines is 3. The van der Waals surface area contributed by atoms with Crippen molar-refractivity contribution in [3.63, 3.8) is 0 Å². The summed E-state index contributed by atoms with van der Waals surface area (Å²) in [6, 6.07) is 57.7. The summed E-state index contributed by atoms with van der Waals surface area (Å²) < 4.78 is 6.83. The molecule has 0 saturated carbocycles. The SMILES string of the molecule is c1ccc(-c2ccc(-c3ccc(N(c4ccccc4)c4ccccc4)c4oc5ccc6ccccc6c5c34)cc2)cc1. The van der Waals surface area contributed by atoms with Crippen molar-refractivity contribution in [3.8, 4) is 22.3 Å². The summed E-state index contributed by atoms with van der Waals surface area (Å²) in [7, 11) is 0. The fourth-order valence-electron chi connectivity index (χ4n) is 6.10. The molecule has 1 aromatic heterocycles. The van der Waals surface area contributed by atoms with Crippen molar-refractivity contribution in [2.45, 2.75) is 0 Å². The van der Waals surface area contributed by atoms with Crippen molar-refractivity contribution in [2.75, 3.05) is 4.90 Å². The molecule has 0 saturated heterocycles. The van der Waals surface area contributed by atoms with Gasteiger partial charge in [0, 0.05) is 22.1 Å². The van der Waals surface area contributed by atoms with E-state index in [-0.39, 0.29) is 0 Å². The highest BCUT2D eigenvalue weighted by Gasteiger charge is 2.23. The van der Waals surface area contributed by atoms with Gasteiger partial charge in [-0.25, -0.2) is 0 Å². The summed E-state index contributed by atoms with van der Waals surface area (Å²) in [6.07, 6.45) is 0. The van der Waals surface area contributed by atoms with Gasteiger partial charge in [0.05, 0.1) is 5.69 Å². The molecular weight excluding hydrogens is 510 g/mol. The van der Waals surface area contributed by atoms with Crippen LogP contribution in [0.1, 0.15) is 0 Å². The van der Waals surface area contributed by atoms with E-state index in [2.05, 4.69) is 169 Å². The Morgan fingerprint density at radius 3 is 1.67 bits per heavy atom. The monoisotopic (exact) mass is 537 g/mol. The Bertz CT molecular complexity index is 2120. The third-order valence-corrected chi connectivity index (χ3v) is 8.06. The first-order valence-electron chi connectivity index (χ1n) is 14.3.